The Balaban J connectivity index is 3.96. The van der Waals surface area contributed by atoms with Gasteiger partial charge in [0.15, 0.2) is 0 Å². The van der Waals surface area contributed by atoms with Gasteiger partial charge in [-0.25, -0.2) is 0 Å². The summed E-state index contributed by atoms with van der Waals surface area (Å²) in [5.41, 5.74) is -0.774. The highest BCUT2D eigenvalue weighted by molar-refractivity contribution is 4.79. The van der Waals surface area contributed by atoms with Gasteiger partial charge in [0.2, 0.25) is 0 Å². The van der Waals surface area contributed by atoms with E-state index < -0.39 is 5.60 Å². The van der Waals surface area contributed by atoms with Crippen molar-refractivity contribution in [3.8, 4) is 0 Å². The Labute approximate surface area is 119 Å². The van der Waals surface area contributed by atoms with Gasteiger partial charge < -0.3 is 14.6 Å². The standard InChI is InChI=1S/C16H34O3/c1-8-16(7,17)14(4)19-12-15(5,6)11-18-10-9-13(2)3/h13-14,17H,8-12H2,1-7H3. The fraction of sp³-hybridized carbons (Fsp3) is 1.00. The van der Waals surface area contributed by atoms with Gasteiger partial charge in [0.05, 0.1) is 24.9 Å². The minimum absolute atomic E-state index is 0.0188. The predicted octanol–water partition coefficient (Wildman–Crippen LogP) is 3.64. The topological polar surface area (TPSA) is 38.7 Å². The SMILES string of the molecule is CCC(C)(O)C(C)OCC(C)(C)COCCC(C)C. The number of aliphatic hydroxyl groups is 1. The van der Waals surface area contributed by atoms with E-state index in [4.69, 9.17) is 9.47 Å². The number of rotatable bonds is 10. The van der Waals surface area contributed by atoms with Gasteiger partial charge in [0, 0.05) is 12.0 Å². The summed E-state index contributed by atoms with van der Waals surface area (Å²) in [5, 5.41) is 10.1. The maximum Gasteiger partial charge on any atom is 0.0874 e. The quantitative estimate of drug-likeness (QED) is 0.618. The van der Waals surface area contributed by atoms with E-state index in [9.17, 15) is 5.11 Å². The molecule has 3 nitrogen and oxygen atoms in total. The second kappa shape index (κ2) is 8.23. The highest BCUT2D eigenvalue weighted by Crippen LogP contribution is 2.22. The minimum Gasteiger partial charge on any atom is -0.387 e. The minimum atomic E-state index is -0.755. The van der Waals surface area contributed by atoms with Crippen LogP contribution in [-0.4, -0.2) is 36.6 Å². The van der Waals surface area contributed by atoms with Crippen LogP contribution < -0.4 is 0 Å². The van der Waals surface area contributed by atoms with Crippen molar-refractivity contribution in [2.45, 2.75) is 73.0 Å². The third kappa shape index (κ3) is 8.61. The molecule has 0 spiro atoms. The highest BCUT2D eigenvalue weighted by Gasteiger charge is 2.29. The third-order valence-electron chi connectivity index (χ3n) is 3.65. The van der Waals surface area contributed by atoms with E-state index in [0.717, 1.165) is 13.0 Å². The van der Waals surface area contributed by atoms with Crippen LogP contribution in [0.25, 0.3) is 0 Å². The van der Waals surface area contributed by atoms with Crippen LogP contribution in [0.2, 0.25) is 0 Å². The second-order valence-electron chi connectivity index (χ2n) is 7.06. The largest absolute Gasteiger partial charge is 0.387 e. The van der Waals surface area contributed by atoms with Crippen molar-refractivity contribution < 1.29 is 14.6 Å². The summed E-state index contributed by atoms with van der Waals surface area (Å²) < 4.78 is 11.5. The third-order valence-corrected chi connectivity index (χ3v) is 3.65. The van der Waals surface area contributed by atoms with Gasteiger partial charge in [-0.3, -0.25) is 0 Å². The van der Waals surface area contributed by atoms with Crippen LogP contribution in [-0.2, 0) is 9.47 Å². The Hall–Kier alpha value is -0.120. The summed E-state index contributed by atoms with van der Waals surface area (Å²) in [6.45, 7) is 16.5. The van der Waals surface area contributed by atoms with Crippen molar-refractivity contribution in [2.75, 3.05) is 19.8 Å². The summed E-state index contributed by atoms with van der Waals surface area (Å²) in [5.74, 6) is 0.680. The van der Waals surface area contributed by atoms with E-state index in [-0.39, 0.29) is 11.5 Å². The molecule has 0 aliphatic carbocycles. The lowest BCUT2D eigenvalue weighted by atomic mass is 9.94. The molecule has 2 atom stereocenters. The van der Waals surface area contributed by atoms with Gasteiger partial charge in [-0.2, -0.15) is 0 Å². The first-order chi connectivity index (χ1) is 8.60. The van der Waals surface area contributed by atoms with Crippen LogP contribution in [0.4, 0.5) is 0 Å². The van der Waals surface area contributed by atoms with Gasteiger partial charge in [0.1, 0.15) is 0 Å². The molecule has 0 aromatic carbocycles. The summed E-state index contributed by atoms with van der Waals surface area (Å²) in [6, 6.07) is 0. The van der Waals surface area contributed by atoms with Crippen molar-refractivity contribution in [3.63, 3.8) is 0 Å². The average molecular weight is 274 g/mol. The average Bonchev–Trinajstić information content (AvgIpc) is 2.31. The molecule has 0 rings (SSSR count). The maximum absolute atomic E-state index is 10.1. The normalized spacial score (nSPS) is 17.5. The van der Waals surface area contributed by atoms with Crippen LogP contribution in [0.15, 0.2) is 0 Å². The second-order valence-corrected chi connectivity index (χ2v) is 7.06. The van der Waals surface area contributed by atoms with Crippen molar-refractivity contribution >= 4 is 0 Å². The fourth-order valence-corrected chi connectivity index (χ4v) is 1.53. The number of ether oxygens (including phenoxy) is 2. The van der Waals surface area contributed by atoms with Crippen molar-refractivity contribution in [1.29, 1.82) is 0 Å². The maximum atomic E-state index is 10.1. The molecule has 0 fully saturated rings. The lowest BCUT2D eigenvalue weighted by molar-refractivity contribution is -0.116. The highest BCUT2D eigenvalue weighted by atomic mass is 16.5. The molecule has 0 amide bonds. The smallest absolute Gasteiger partial charge is 0.0874 e. The first kappa shape index (κ1) is 18.9. The first-order valence-corrected chi connectivity index (χ1v) is 7.52. The molecule has 0 aromatic heterocycles. The van der Waals surface area contributed by atoms with Crippen LogP contribution in [0.5, 0.6) is 0 Å². The van der Waals surface area contributed by atoms with Crippen molar-refractivity contribution in [1.82, 2.24) is 0 Å². The molecule has 0 radical (unpaired) electrons. The molecular weight excluding hydrogens is 240 g/mol. The zero-order chi connectivity index (χ0) is 15.1. The molecule has 0 saturated carbocycles. The summed E-state index contributed by atoms with van der Waals surface area (Å²) in [7, 11) is 0. The van der Waals surface area contributed by atoms with Gasteiger partial charge in [-0.05, 0) is 32.6 Å². The summed E-state index contributed by atoms with van der Waals surface area (Å²) in [4.78, 5) is 0. The lowest BCUT2D eigenvalue weighted by Gasteiger charge is -2.32. The van der Waals surface area contributed by atoms with Gasteiger partial charge in [-0.15, -0.1) is 0 Å². The zero-order valence-electron chi connectivity index (χ0n) is 14.0. The lowest BCUT2D eigenvalue weighted by Crippen LogP contribution is -2.40. The Kier molecular flexibility index (Phi) is 8.18. The molecule has 0 aromatic rings. The molecule has 2 unspecified atom stereocenters. The van der Waals surface area contributed by atoms with E-state index in [1.54, 1.807) is 0 Å². The van der Waals surface area contributed by atoms with E-state index in [2.05, 4.69) is 27.7 Å². The van der Waals surface area contributed by atoms with Crippen LogP contribution >= 0.6 is 0 Å². The number of hydrogen-bond donors (Lipinski definition) is 1. The summed E-state index contributed by atoms with van der Waals surface area (Å²) >= 11 is 0. The molecule has 3 heteroatoms. The molecular formula is C16H34O3. The van der Waals surface area contributed by atoms with Crippen molar-refractivity contribution in [3.05, 3.63) is 0 Å². The van der Waals surface area contributed by atoms with E-state index in [1.807, 2.05) is 20.8 Å². The Morgan fingerprint density at radius 3 is 2.11 bits per heavy atom. The van der Waals surface area contributed by atoms with Crippen molar-refractivity contribution in [2.24, 2.45) is 11.3 Å². The Morgan fingerprint density at radius 1 is 1.05 bits per heavy atom. The Morgan fingerprint density at radius 2 is 1.63 bits per heavy atom. The van der Waals surface area contributed by atoms with E-state index in [0.29, 0.717) is 25.6 Å². The van der Waals surface area contributed by atoms with Gasteiger partial charge in [-0.1, -0.05) is 34.6 Å². The van der Waals surface area contributed by atoms with Crippen LogP contribution in [0, 0.1) is 11.3 Å². The zero-order valence-corrected chi connectivity index (χ0v) is 14.0. The van der Waals surface area contributed by atoms with Crippen LogP contribution in [0.3, 0.4) is 0 Å². The van der Waals surface area contributed by atoms with E-state index >= 15 is 0 Å². The van der Waals surface area contributed by atoms with E-state index in [1.165, 1.54) is 0 Å². The predicted molar refractivity (Wildman–Crippen MR) is 80.4 cm³/mol. The van der Waals surface area contributed by atoms with Gasteiger partial charge in [0.25, 0.3) is 0 Å². The molecule has 0 aliphatic heterocycles. The molecule has 0 bridgehead atoms. The monoisotopic (exact) mass is 274 g/mol. The molecule has 116 valence electrons. The Bertz CT molecular complexity index is 234. The molecule has 0 aliphatic rings. The molecule has 1 N–H and O–H groups in total. The fourth-order valence-electron chi connectivity index (χ4n) is 1.53. The molecule has 0 saturated heterocycles. The molecule has 0 heterocycles. The number of hydrogen-bond acceptors (Lipinski definition) is 3. The summed E-state index contributed by atoms with van der Waals surface area (Å²) in [6.07, 6.45) is 1.63. The molecule has 19 heavy (non-hydrogen) atoms. The first-order valence-electron chi connectivity index (χ1n) is 7.52. The van der Waals surface area contributed by atoms with Crippen LogP contribution in [0.1, 0.15) is 61.3 Å². The van der Waals surface area contributed by atoms with Gasteiger partial charge >= 0.3 is 0 Å².